The largest absolute Gasteiger partial charge is 0.316 e. The molecule has 0 bridgehead atoms. The molecule has 1 N–H and O–H groups in total. The molecule has 12 heavy (non-hydrogen) atoms. The van der Waals surface area contributed by atoms with E-state index in [9.17, 15) is 0 Å². The van der Waals surface area contributed by atoms with Crippen molar-refractivity contribution in [2.45, 2.75) is 26.7 Å². The zero-order valence-corrected chi connectivity index (χ0v) is 8.01. The lowest BCUT2D eigenvalue weighted by Crippen LogP contribution is -2.22. The van der Waals surface area contributed by atoms with E-state index in [4.69, 9.17) is 5.26 Å². The molecule has 0 aromatic rings. The smallest absolute Gasteiger partial charge is 0.0624 e. The molecule has 0 saturated heterocycles. The van der Waals surface area contributed by atoms with E-state index in [1.807, 2.05) is 0 Å². The van der Waals surface area contributed by atoms with E-state index in [1.165, 1.54) is 6.42 Å². The first-order valence-corrected chi connectivity index (χ1v) is 4.81. The summed E-state index contributed by atoms with van der Waals surface area (Å²) in [5.41, 5.74) is 0. The van der Waals surface area contributed by atoms with Crippen LogP contribution in [0.5, 0.6) is 0 Å². The van der Waals surface area contributed by atoms with Gasteiger partial charge >= 0.3 is 0 Å². The summed E-state index contributed by atoms with van der Waals surface area (Å²) in [6, 6.07) is 2.23. The quantitative estimate of drug-likeness (QED) is 0.675. The van der Waals surface area contributed by atoms with Gasteiger partial charge < -0.3 is 5.32 Å². The molecule has 2 unspecified atom stereocenters. The van der Waals surface area contributed by atoms with Gasteiger partial charge in [0.15, 0.2) is 0 Å². The number of hydrogen-bond acceptors (Lipinski definition) is 2. The predicted octanol–water partition coefficient (Wildman–Crippen LogP) is 1.78. The second-order valence-electron chi connectivity index (χ2n) is 4.17. The van der Waals surface area contributed by atoms with Gasteiger partial charge in [-0.25, -0.2) is 0 Å². The van der Waals surface area contributed by atoms with Gasteiger partial charge in [0.25, 0.3) is 0 Å². The maximum atomic E-state index is 8.44. The number of rotatable bonds is 5. The van der Waals surface area contributed by atoms with Crippen molar-refractivity contribution in [3.05, 3.63) is 0 Å². The molecule has 1 aliphatic carbocycles. The second-order valence-corrected chi connectivity index (χ2v) is 4.17. The summed E-state index contributed by atoms with van der Waals surface area (Å²) in [6.07, 6.45) is 2.02. The molecule has 1 saturated carbocycles. The average molecular weight is 166 g/mol. The fourth-order valence-corrected chi connectivity index (χ4v) is 1.48. The van der Waals surface area contributed by atoms with Crippen molar-refractivity contribution in [3.63, 3.8) is 0 Å². The Morgan fingerprint density at radius 3 is 2.83 bits per heavy atom. The van der Waals surface area contributed by atoms with Crippen molar-refractivity contribution in [1.82, 2.24) is 5.32 Å². The Kier molecular flexibility index (Phi) is 3.55. The minimum absolute atomic E-state index is 0.703. The number of nitrogens with zero attached hydrogens (tertiary/aromatic N) is 1. The molecule has 0 amide bonds. The molecule has 68 valence electrons. The highest BCUT2D eigenvalue weighted by atomic mass is 14.9. The van der Waals surface area contributed by atoms with Crippen LogP contribution in [-0.4, -0.2) is 13.1 Å². The Labute approximate surface area is 75.0 Å². The second kappa shape index (κ2) is 4.47. The van der Waals surface area contributed by atoms with E-state index < -0.39 is 0 Å². The first kappa shape index (κ1) is 9.54. The van der Waals surface area contributed by atoms with Crippen LogP contribution in [0, 0.1) is 29.1 Å². The van der Waals surface area contributed by atoms with E-state index in [-0.39, 0.29) is 0 Å². The normalized spacial score (nSPS) is 27.2. The lowest BCUT2D eigenvalue weighted by Gasteiger charge is -2.05. The Bertz CT molecular complexity index is 169. The third kappa shape index (κ3) is 3.23. The van der Waals surface area contributed by atoms with Gasteiger partial charge in [-0.05, 0) is 37.3 Å². The van der Waals surface area contributed by atoms with Crippen LogP contribution in [0.1, 0.15) is 26.7 Å². The maximum absolute atomic E-state index is 8.44. The predicted molar refractivity (Wildman–Crippen MR) is 49.5 cm³/mol. The van der Waals surface area contributed by atoms with Crippen LogP contribution in [0.2, 0.25) is 0 Å². The Morgan fingerprint density at radius 2 is 2.25 bits per heavy atom. The van der Waals surface area contributed by atoms with Crippen LogP contribution in [0.4, 0.5) is 0 Å². The first-order chi connectivity index (χ1) is 5.74. The van der Waals surface area contributed by atoms with Crippen LogP contribution in [0.25, 0.3) is 0 Å². The van der Waals surface area contributed by atoms with Crippen molar-refractivity contribution >= 4 is 0 Å². The molecule has 1 aliphatic rings. The Morgan fingerprint density at radius 1 is 1.50 bits per heavy atom. The highest BCUT2D eigenvalue weighted by Gasteiger charge is 2.35. The third-order valence-corrected chi connectivity index (χ3v) is 2.38. The fourth-order valence-electron chi connectivity index (χ4n) is 1.48. The topological polar surface area (TPSA) is 35.8 Å². The molecular weight excluding hydrogens is 148 g/mol. The van der Waals surface area contributed by atoms with Gasteiger partial charge in [0.2, 0.25) is 0 Å². The van der Waals surface area contributed by atoms with Crippen molar-refractivity contribution in [3.8, 4) is 6.07 Å². The molecule has 2 heteroatoms. The maximum Gasteiger partial charge on any atom is 0.0624 e. The molecular formula is C10H18N2. The van der Waals surface area contributed by atoms with E-state index in [1.54, 1.807) is 0 Å². The summed E-state index contributed by atoms with van der Waals surface area (Å²) in [5, 5.41) is 11.9. The van der Waals surface area contributed by atoms with Crippen LogP contribution in [0.3, 0.4) is 0 Å². The van der Waals surface area contributed by atoms with Gasteiger partial charge in [0.05, 0.1) is 6.07 Å². The van der Waals surface area contributed by atoms with Gasteiger partial charge in [-0.15, -0.1) is 0 Å². The van der Waals surface area contributed by atoms with Crippen LogP contribution in [0.15, 0.2) is 0 Å². The standard InChI is InChI=1S/C10H18N2/c1-8(2)6-12-7-10-5-9(10)3-4-11/h8-10,12H,3,5-7H2,1-2H3. The molecule has 1 fully saturated rings. The van der Waals surface area contributed by atoms with Gasteiger partial charge in [0.1, 0.15) is 0 Å². The molecule has 2 nitrogen and oxygen atoms in total. The van der Waals surface area contributed by atoms with E-state index in [2.05, 4.69) is 25.2 Å². The van der Waals surface area contributed by atoms with Gasteiger partial charge in [0, 0.05) is 6.42 Å². The highest BCUT2D eigenvalue weighted by Crippen LogP contribution is 2.40. The molecule has 0 spiro atoms. The Balaban J connectivity index is 1.94. The van der Waals surface area contributed by atoms with Crippen molar-refractivity contribution in [1.29, 1.82) is 5.26 Å². The molecule has 0 aliphatic heterocycles. The average Bonchev–Trinajstić information content (AvgIpc) is 2.68. The first-order valence-electron chi connectivity index (χ1n) is 4.81. The van der Waals surface area contributed by atoms with E-state index in [0.717, 1.165) is 31.3 Å². The summed E-state index contributed by atoms with van der Waals surface area (Å²) >= 11 is 0. The molecule has 0 heterocycles. The SMILES string of the molecule is CC(C)CNCC1CC1CC#N. The van der Waals surface area contributed by atoms with Crippen LogP contribution in [-0.2, 0) is 0 Å². The highest BCUT2D eigenvalue weighted by molar-refractivity contribution is 4.93. The van der Waals surface area contributed by atoms with Crippen LogP contribution < -0.4 is 5.32 Å². The number of nitrogens with one attached hydrogen (secondary N) is 1. The van der Waals surface area contributed by atoms with Gasteiger partial charge in [-0.2, -0.15) is 5.26 Å². The molecule has 0 aromatic carbocycles. The van der Waals surface area contributed by atoms with Gasteiger partial charge in [-0.3, -0.25) is 0 Å². The summed E-state index contributed by atoms with van der Waals surface area (Å²) in [6.45, 7) is 6.65. The molecule has 0 aromatic heterocycles. The van der Waals surface area contributed by atoms with Crippen molar-refractivity contribution in [2.24, 2.45) is 17.8 Å². The molecule has 2 atom stereocenters. The van der Waals surface area contributed by atoms with Crippen molar-refractivity contribution < 1.29 is 0 Å². The van der Waals surface area contributed by atoms with Crippen LogP contribution >= 0.6 is 0 Å². The monoisotopic (exact) mass is 166 g/mol. The van der Waals surface area contributed by atoms with Gasteiger partial charge in [-0.1, -0.05) is 13.8 Å². The summed E-state index contributed by atoms with van der Waals surface area (Å²) in [7, 11) is 0. The molecule has 1 rings (SSSR count). The zero-order valence-electron chi connectivity index (χ0n) is 8.01. The van der Waals surface area contributed by atoms with E-state index in [0.29, 0.717) is 5.92 Å². The lowest BCUT2D eigenvalue weighted by molar-refractivity contribution is 0.524. The minimum Gasteiger partial charge on any atom is -0.316 e. The summed E-state index contributed by atoms with van der Waals surface area (Å²) in [5.74, 6) is 2.23. The zero-order chi connectivity index (χ0) is 8.97. The lowest BCUT2D eigenvalue weighted by atomic mass is 10.2. The number of nitriles is 1. The minimum atomic E-state index is 0.703. The summed E-state index contributed by atoms with van der Waals surface area (Å²) in [4.78, 5) is 0. The fraction of sp³-hybridized carbons (Fsp3) is 0.900. The Hall–Kier alpha value is -0.550. The molecule has 0 radical (unpaired) electrons. The van der Waals surface area contributed by atoms with Crippen molar-refractivity contribution in [2.75, 3.05) is 13.1 Å². The number of hydrogen-bond donors (Lipinski definition) is 1. The summed E-state index contributed by atoms with van der Waals surface area (Å²) < 4.78 is 0. The van der Waals surface area contributed by atoms with E-state index >= 15 is 0 Å². The third-order valence-electron chi connectivity index (χ3n) is 2.38.